The van der Waals surface area contributed by atoms with Crippen LogP contribution in [0.1, 0.15) is 20.8 Å². The van der Waals surface area contributed by atoms with Gasteiger partial charge in [-0.3, -0.25) is 0 Å². The molecule has 1 heterocycles. The molecule has 0 aromatic heterocycles. The molecular formula is C10H15NO3Se. The number of methoxy groups -OCH3 is 1. The van der Waals surface area contributed by atoms with Crippen LogP contribution in [0.15, 0.2) is 10.7 Å². The predicted molar refractivity (Wildman–Crippen MR) is 57.0 cm³/mol. The summed E-state index contributed by atoms with van der Waals surface area (Å²) in [7, 11) is 1.32. The maximum atomic E-state index is 11.4. The number of hydrogen-bond acceptors (Lipinski definition) is 3. The van der Waals surface area contributed by atoms with E-state index in [-0.39, 0.29) is 25.3 Å². The molecule has 0 fully saturated rings. The first kappa shape index (κ1) is 12.3. The number of carbonyl (C=O) groups is 2. The minimum atomic E-state index is -0.435. The van der Waals surface area contributed by atoms with Crippen LogP contribution >= 0.6 is 0 Å². The van der Waals surface area contributed by atoms with Crippen molar-refractivity contribution in [1.82, 2.24) is 4.90 Å². The molecular weight excluding hydrogens is 261 g/mol. The fourth-order valence-electron chi connectivity index (χ4n) is 1.37. The summed E-state index contributed by atoms with van der Waals surface area (Å²) >= 11 is 0.128. The van der Waals surface area contributed by atoms with E-state index in [9.17, 15) is 9.59 Å². The summed E-state index contributed by atoms with van der Waals surface area (Å²) in [5.74, 6) is -0.435. The van der Waals surface area contributed by atoms with Crippen molar-refractivity contribution in [3.05, 3.63) is 10.7 Å². The molecule has 0 radical (unpaired) electrons. The summed E-state index contributed by atoms with van der Waals surface area (Å²) in [5.41, 5.74) is 0.361. The third kappa shape index (κ3) is 2.41. The normalized spacial score (nSPS) is 21.2. The van der Waals surface area contributed by atoms with E-state index in [4.69, 9.17) is 0 Å². The zero-order valence-corrected chi connectivity index (χ0v) is 11.0. The molecule has 5 heteroatoms. The first-order chi connectivity index (χ1) is 6.91. The second-order valence-corrected chi connectivity index (χ2v) is 6.36. The molecule has 0 spiro atoms. The maximum absolute atomic E-state index is 11.4. The van der Waals surface area contributed by atoms with E-state index < -0.39 is 5.97 Å². The van der Waals surface area contributed by atoms with Gasteiger partial charge in [0, 0.05) is 0 Å². The van der Waals surface area contributed by atoms with Crippen LogP contribution in [-0.2, 0) is 14.3 Å². The molecule has 0 unspecified atom stereocenters. The second-order valence-electron chi connectivity index (χ2n) is 4.36. The van der Waals surface area contributed by atoms with Gasteiger partial charge in [0.2, 0.25) is 0 Å². The Bertz CT molecular complexity index is 306. The minimum absolute atomic E-state index is 0.0207. The number of ether oxygens (including phenoxy) is 1. The van der Waals surface area contributed by atoms with Gasteiger partial charge in [-0.1, -0.05) is 0 Å². The van der Waals surface area contributed by atoms with Gasteiger partial charge in [0.15, 0.2) is 0 Å². The van der Waals surface area contributed by atoms with Crippen LogP contribution < -0.4 is 0 Å². The van der Waals surface area contributed by atoms with E-state index in [1.807, 2.05) is 4.97 Å². The fourth-order valence-corrected chi connectivity index (χ4v) is 3.85. The molecule has 0 saturated heterocycles. The number of carbonyl (C=O) groups excluding carboxylic acids is 2. The van der Waals surface area contributed by atoms with Crippen LogP contribution in [0.2, 0.25) is 0 Å². The molecule has 0 saturated carbocycles. The van der Waals surface area contributed by atoms with Crippen molar-refractivity contribution in [1.29, 1.82) is 0 Å². The van der Waals surface area contributed by atoms with Crippen LogP contribution in [0.4, 0.5) is 0 Å². The third-order valence-corrected chi connectivity index (χ3v) is 5.34. The summed E-state index contributed by atoms with van der Waals surface area (Å²) in [6.45, 7) is 6.18. The number of esters is 1. The number of amides is 1. The summed E-state index contributed by atoms with van der Waals surface area (Å²) in [6.07, 6.45) is 0.716. The summed E-state index contributed by atoms with van der Waals surface area (Å²) in [5, 5.41) is 0. The van der Waals surface area contributed by atoms with E-state index in [2.05, 4.69) is 25.5 Å². The Kier molecular flexibility index (Phi) is 3.58. The third-order valence-electron chi connectivity index (χ3n) is 2.09. The van der Waals surface area contributed by atoms with Gasteiger partial charge in [0.25, 0.3) is 0 Å². The van der Waals surface area contributed by atoms with E-state index in [1.165, 1.54) is 12.0 Å². The topological polar surface area (TPSA) is 46.6 Å². The summed E-state index contributed by atoms with van der Waals surface area (Å²) < 4.78 is 4.63. The average molecular weight is 276 g/mol. The Morgan fingerprint density at radius 3 is 2.60 bits per heavy atom. The van der Waals surface area contributed by atoms with Crippen molar-refractivity contribution in [3.63, 3.8) is 0 Å². The molecule has 1 aliphatic heterocycles. The van der Waals surface area contributed by atoms with Crippen LogP contribution in [0, 0.1) is 5.41 Å². The van der Waals surface area contributed by atoms with Gasteiger partial charge >= 0.3 is 95.5 Å². The summed E-state index contributed by atoms with van der Waals surface area (Å²) in [6, 6.07) is 0. The Hall–Kier alpha value is -0.801. The molecule has 0 aromatic carbocycles. The second kappa shape index (κ2) is 4.37. The SMILES string of the molecule is COC(=O)C1=C[Se][C@H](C(C)(C)C)N1C=O. The molecule has 1 rings (SSSR count). The first-order valence-electron chi connectivity index (χ1n) is 4.59. The Labute approximate surface area is 95.8 Å². The molecule has 15 heavy (non-hydrogen) atoms. The van der Waals surface area contributed by atoms with Gasteiger partial charge in [-0.05, 0) is 0 Å². The Morgan fingerprint density at radius 1 is 1.60 bits per heavy atom. The Balaban J connectivity index is 2.89. The monoisotopic (exact) mass is 277 g/mol. The molecule has 0 aromatic rings. The quantitative estimate of drug-likeness (QED) is 0.420. The molecule has 1 amide bonds. The zero-order chi connectivity index (χ0) is 11.6. The van der Waals surface area contributed by atoms with Gasteiger partial charge in [0.1, 0.15) is 0 Å². The van der Waals surface area contributed by atoms with Crippen molar-refractivity contribution in [2.24, 2.45) is 5.41 Å². The standard InChI is InChI=1S/C10H15NO3Se/c1-10(2,3)9-11(6-12)7(5-15-9)8(13)14-4/h5-6,9H,1-4H3/t9-/m1/s1. The van der Waals surface area contributed by atoms with E-state index in [0.717, 1.165) is 0 Å². The van der Waals surface area contributed by atoms with Gasteiger partial charge in [-0.25, -0.2) is 0 Å². The molecule has 0 aliphatic carbocycles. The van der Waals surface area contributed by atoms with E-state index >= 15 is 0 Å². The summed E-state index contributed by atoms with van der Waals surface area (Å²) in [4.78, 5) is 25.8. The number of hydrogen-bond donors (Lipinski definition) is 0. The Morgan fingerprint density at radius 2 is 2.20 bits per heavy atom. The van der Waals surface area contributed by atoms with Crippen LogP contribution in [0.25, 0.3) is 0 Å². The molecule has 1 aliphatic rings. The molecule has 0 N–H and O–H groups in total. The van der Waals surface area contributed by atoms with Gasteiger partial charge in [-0.2, -0.15) is 0 Å². The van der Waals surface area contributed by atoms with E-state index in [0.29, 0.717) is 12.1 Å². The van der Waals surface area contributed by atoms with Crippen molar-refractivity contribution < 1.29 is 14.3 Å². The van der Waals surface area contributed by atoms with Crippen molar-refractivity contribution in [3.8, 4) is 0 Å². The number of rotatable bonds is 2. The zero-order valence-electron chi connectivity index (χ0n) is 9.31. The van der Waals surface area contributed by atoms with Crippen molar-refractivity contribution in [2.75, 3.05) is 7.11 Å². The fraction of sp³-hybridized carbons (Fsp3) is 0.600. The van der Waals surface area contributed by atoms with Gasteiger partial charge in [-0.15, -0.1) is 0 Å². The van der Waals surface area contributed by atoms with E-state index in [1.54, 1.807) is 0 Å². The average Bonchev–Trinajstić information content (AvgIpc) is 2.59. The first-order valence-corrected chi connectivity index (χ1v) is 6.57. The predicted octanol–water partition coefficient (Wildman–Crippen LogP) is 0.549. The molecule has 84 valence electrons. The number of nitrogens with zero attached hydrogens (tertiary/aromatic N) is 1. The van der Waals surface area contributed by atoms with Crippen LogP contribution in [-0.4, -0.2) is 44.3 Å². The van der Waals surface area contributed by atoms with Crippen LogP contribution in [0.5, 0.6) is 0 Å². The van der Waals surface area contributed by atoms with Gasteiger partial charge < -0.3 is 0 Å². The van der Waals surface area contributed by atoms with Crippen molar-refractivity contribution >= 4 is 27.3 Å². The molecule has 4 nitrogen and oxygen atoms in total. The van der Waals surface area contributed by atoms with Gasteiger partial charge in [0.05, 0.1) is 0 Å². The van der Waals surface area contributed by atoms with Crippen molar-refractivity contribution in [2.45, 2.75) is 25.7 Å². The molecule has 0 bridgehead atoms. The van der Waals surface area contributed by atoms with Crippen LogP contribution in [0.3, 0.4) is 0 Å². The molecule has 1 atom stereocenters.